The fourth-order valence-corrected chi connectivity index (χ4v) is 3.45. The van der Waals surface area contributed by atoms with Crippen LogP contribution in [0.15, 0.2) is 23.8 Å². The third-order valence-corrected chi connectivity index (χ3v) is 4.93. The van der Waals surface area contributed by atoms with Crippen LogP contribution < -0.4 is 0 Å². The van der Waals surface area contributed by atoms with E-state index in [0.717, 1.165) is 27.6 Å². The third kappa shape index (κ3) is 2.24. The van der Waals surface area contributed by atoms with E-state index in [4.69, 9.17) is 16.6 Å². The smallest absolute Gasteiger partial charge is 0.161 e. The zero-order chi connectivity index (χ0) is 15.2. The van der Waals surface area contributed by atoms with E-state index in [1.807, 2.05) is 37.7 Å². The number of pyridine rings is 1. The number of hydrogen-bond acceptors (Lipinski definition) is 4. The maximum atomic E-state index is 6.37. The molecule has 0 saturated heterocycles. The average Bonchev–Trinajstić information content (AvgIpc) is 3.07. The molecule has 3 aromatic heterocycles. The van der Waals surface area contributed by atoms with Gasteiger partial charge < -0.3 is 0 Å². The van der Waals surface area contributed by atoms with Gasteiger partial charge in [-0.2, -0.15) is 0 Å². The van der Waals surface area contributed by atoms with Gasteiger partial charge in [0.15, 0.2) is 5.65 Å². The Morgan fingerprint density at radius 1 is 1.29 bits per heavy atom. The standard InChI is InChI=1S/C15H17ClN4S/c1-9-5-6-17-13-11(9)19-12(10(2)16)20(13)15(3,4)14-18-7-8-21-14/h5-8,10H,1-4H3. The van der Waals surface area contributed by atoms with Crippen LogP contribution in [0.25, 0.3) is 11.2 Å². The van der Waals surface area contributed by atoms with Crippen LogP contribution in [0.4, 0.5) is 0 Å². The fourth-order valence-electron chi connectivity index (χ4n) is 2.55. The van der Waals surface area contributed by atoms with E-state index in [0.29, 0.717) is 0 Å². The molecule has 0 amide bonds. The summed E-state index contributed by atoms with van der Waals surface area (Å²) in [5, 5.41) is 2.81. The predicted octanol–water partition coefficient (Wildman–Crippen LogP) is 4.28. The number of thiazole rings is 1. The summed E-state index contributed by atoms with van der Waals surface area (Å²) in [5.41, 5.74) is 2.52. The van der Waals surface area contributed by atoms with Crippen molar-refractivity contribution in [2.45, 2.75) is 38.6 Å². The number of aromatic nitrogens is 4. The van der Waals surface area contributed by atoms with Crippen LogP contribution in [0.5, 0.6) is 0 Å². The van der Waals surface area contributed by atoms with E-state index in [2.05, 4.69) is 28.4 Å². The first kappa shape index (κ1) is 14.5. The molecule has 0 aromatic carbocycles. The molecule has 0 radical (unpaired) electrons. The molecule has 3 aromatic rings. The van der Waals surface area contributed by atoms with E-state index in [-0.39, 0.29) is 10.9 Å². The van der Waals surface area contributed by atoms with Crippen molar-refractivity contribution in [3.63, 3.8) is 0 Å². The number of aryl methyl sites for hydroxylation is 1. The quantitative estimate of drug-likeness (QED) is 0.676. The van der Waals surface area contributed by atoms with Crippen molar-refractivity contribution in [1.29, 1.82) is 0 Å². The van der Waals surface area contributed by atoms with Crippen molar-refractivity contribution >= 4 is 34.1 Å². The van der Waals surface area contributed by atoms with Crippen LogP contribution in [0.1, 0.15) is 42.5 Å². The molecule has 1 atom stereocenters. The van der Waals surface area contributed by atoms with E-state index in [1.165, 1.54) is 0 Å². The SMILES string of the molecule is Cc1ccnc2c1nc(C(C)Cl)n2C(C)(C)c1nccs1. The fraction of sp³-hybridized carbons (Fsp3) is 0.400. The molecule has 4 nitrogen and oxygen atoms in total. The Kier molecular flexibility index (Phi) is 3.50. The Morgan fingerprint density at radius 2 is 2.05 bits per heavy atom. The lowest BCUT2D eigenvalue weighted by Crippen LogP contribution is -2.29. The normalized spacial score (nSPS) is 13.8. The van der Waals surface area contributed by atoms with Gasteiger partial charge in [0, 0.05) is 17.8 Å². The molecule has 0 fully saturated rings. The zero-order valence-electron chi connectivity index (χ0n) is 12.5. The first-order valence-electron chi connectivity index (χ1n) is 6.81. The molecular weight excluding hydrogens is 304 g/mol. The molecule has 3 heterocycles. The largest absolute Gasteiger partial charge is 0.299 e. The highest BCUT2D eigenvalue weighted by molar-refractivity contribution is 7.09. The van der Waals surface area contributed by atoms with Crippen LogP contribution in [-0.4, -0.2) is 19.5 Å². The molecule has 21 heavy (non-hydrogen) atoms. The molecule has 0 spiro atoms. The summed E-state index contributed by atoms with van der Waals surface area (Å²) < 4.78 is 2.12. The minimum absolute atomic E-state index is 0.196. The Balaban J connectivity index is 2.35. The second kappa shape index (κ2) is 5.07. The lowest BCUT2D eigenvalue weighted by Gasteiger charge is -2.27. The topological polar surface area (TPSA) is 43.6 Å². The molecular formula is C15H17ClN4S. The van der Waals surface area contributed by atoms with Crippen molar-refractivity contribution in [3.05, 3.63) is 40.2 Å². The van der Waals surface area contributed by atoms with Gasteiger partial charge in [-0.05, 0) is 39.3 Å². The van der Waals surface area contributed by atoms with Gasteiger partial charge in [-0.25, -0.2) is 15.0 Å². The number of alkyl halides is 1. The first-order chi connectivity index (χ1) is 9.93. The van der Waals surface area contributed by atoms with Crippen molar-refractivity contribution in [2.75, 3.05) is 0 Å². The monoisotopic (exact) mass is 320 g/mol. The number of rotatable bonds is 3. The van der Waals surface area contributed by atoms with E-state index in [1.54, 1.807) is 11.3 Å². The first-order valence-corrected chi connectivity index (χ1v) is 8.13. The lowest BCUT2D eigenvalue weighted by atomic mass is 10.1. The highest BCUT2D eigenvalue weighted by Gasteiger charge is 2.32. The van der Waals surface area contributed by atoms with Gasteiger partial charge in [0.05, 0.1) is 10.9 Å². The van der Waals surface area contributed by atoms with Gasteiger partial charge in [0.1, 0.15) is 16.3 Å². The Bertz CT molecular complexity index is 774. The minimum atomic E-state index is -0.345. The molecule has 0 aliphatic rings. The maximum absolute atomic E-state index is 6.37. The molecule has 110 valence electrons. The number of imidazole rings is 1. The highest BCUT2D eigenvalue weighted by atomic mass is 35.5. The van der Waals surface area contributed by atoms with Crippen molar-refractivity contribution in [2.24, 2.45) is 0 Å². The number of fused-ring (bicyclic) bond motifs is 1. The molecule has 1 unspecified atom stereocenters. The summed E-state index contributed by atoms with van der Waals surface area (Å²) in [6.07, 6.45) is 3.64. The summed E-state index contributed by atoms with van der Waals surface area (Å²) in [4.78, 5) is 13.7. The third-order valence-electron chi connectivity index (χ3n) is 3.64. The molecule has 6 heteroatoms. The molecule has 0 bridgehead atoms. The predicted molar refractivity (Wildman–Crippen MR) is 87.1 cm³/mol. The van der Waals surface area contributed by atoms with Crippen molar-refractivity contribution in [1.82, 2.24) is 19.5 Å². The molecule has 0 saturated carbocycles. The average molecular weight is 321 g/mol. The summed E-state index contributed by atoms with van der Waals surface area (Å²) in [7, 11) is 0. The van der Waals surface area contributed by atoms with Gasteiger partial charge in [0.25, 0.3) is 0 Å². The molecule has 3 rings (SSSR count). The van der Waals surface area contributed by atoms with Crippen molar-refractivity contribution < 1.29 is 0 Å². The van der Waals surface area contributed by atoms with Crippen LogP contribution in [-0.2, 0) is 5.54 Å². The molecule has 0 aliphatic carbocycles. The Labute approximate surface area is 132 Å². The lowest BCUT2D eigenvalue weighted by molar-refractivity contribution is 0.427. The maximum Gasteiger partial charge on any atom is 0.161 e. The van der Waals surface area contributed by atoms with Crippen LogP contribution in [0, 0.1) is 6.92 Å². The second-order valence-electron chi connectivity index (χ2n) is 5.62. The second-order valence-corrected chi connectivity index (χ2v) is 7.17. The van der Waals surface area contributed by atoms with Gasteiger partial charge in [0.2, 0.25) is 0 Å². The highest BCUT2D eigenvalue weighted by Crippen LogP contribution is 2.35. The molecule has 0 aliphatic heterocycles. The van der Waals surface area contributed by atoms with Crippen LogP contribution in [0.3, 0.4) is 0 Å². The number of halogens is 1. The van der Waals surface area contributed by atoms with Crippen LogP contribution in [0.2, 0.25) is 0 Å². The Morgan fingerprint density at radius 3 is 2.67 bits per heavy atom. The summed E-state index contributed by atoms with van der Waals surface area (Å²) >= 11 is 8.00. The van der Waals surface area contributed by atoms with Crippen molar-refractivity contribution in [3.8, 4) is 0 Å². The van der Waals surface area contributed by atoms with Crippen LogP contribution >= 0.6 is 22.9 Å². The zero-order valence-corrected chi connectivity index (χ0v) is 14.0. The summed E-state index contributed by atoms with van der Waals surface area (Å²) in [6.45, 7) is 8.23. The van der Waals surface area contributed by atoms with E-state index in [9.17, 15) is 0 Å². The van der Waals surface area contributed by atoms with Gasteiger partial charge >= 0.3 is 0 Å². The van der Waals surface area contributed by atoms with E-state index >= 15 is 0 Å². The van der Waals surface area contributed by atoms with Gasteiger partial charge in [-0.15, -0.1) is 22.9 Å². The number of hydrogen-bond donors (Lipinski definition) is 0. The van der Waals surface area contributed by atoms with Gasteiger partial charge in [-0.1, -0.05) is 0 Å². The van der Waals surface area contributed by atoms with E-state index < -0.39 is 0 Å². The molecule has 0 N–H and O–H groups in total. The number of nitrogens with zero attached hydrogens (tertiary/aromatic N) is 4. The summed E-state index contributed by atoms with van der Waals surface area (Å²) in [6, 6.07) is 1.97. The summed E-state index contributed by atoms with van der Waals surface area (Å²) in [5.74, 6) is 0.827. The Hall–Kier alpha value is -1.46. The minimum Gasteiger partial charge on any atom is -0.299 e. The van der Waals surface area contributed by atoms with Gasteiger partial charge in [-0.3, -0.25) is 4.57 Å².